The highest BCUT2D eigenvalue weighted by Gasteiger charge is 2.24. The first-order valence-electron chi connectivity index (χ1n) is 10.0. The van der Waals surface area contributed by atoms with Gasteiger partial charge in [0.25, 0.3) is 5.56 Å². The molecule has 0 amide bonds. The Balaban J connectivity index is 1.44. The van der Waals surface area contributed by atoms with Crippen molar-refractivity contribution < 1.29 is 5.32 Å². The number of nitrogens with two attached hydrogens (primary N) is 1. The molecule has 0 unspecified atom stereocenters. The number of benzene rings is 1. The van der Waals surface area contributed by atoms with Crippen molar-refractivity contribution in [2.24, 2.45) is 5.92 Å². The maximum absolute atomic E-state index is 12.7. The summed E-state index contributed by atoms with van der Waals surface area (Å²) < 4.78 is 0. The third-order valence-corrected chi connectivity index (χ3v) is 6.80. The normalized spacial score (nSPS) is 17.8. The third-order valence-electron chi connectivity index (χ3n) is 5.65. The number of nitrogens with one attached hydrogen (secondary N) is 1. The number of thiophene rings is 1. The van der Waals surface area contributed by atoms with Crippen LogP contribution in [0.2, 0.25) is 0 Å². The summed E-state index contributed by atoms with van der Waals surface area (Å²) in [5.74, 6) is 1.51. The van der Waals surface area contributed by atoms with Crippen molar-refractivity contribution in [3.8, 4) is 0 Å². The van der Waals surface area contributed by atoms with Crippen LogP contribution in [0.15, 0.2) is 35.1 Å². The third kappa shape index (κ3) is 3.99. The number of aromatic amines is 1. The van der Waals surface area contributed by atoms with E-state index >= 15 is 0 Å². The number of quaternary nitrogens is 1. The van der Waals surface area contributed by atoms with E-state index in [1.807, 2.05) is 0 Å². The molecular weight excluding hydrogens is 354 g/mol. The largest absolute Gasteiger partial charge is 0.338 e. The minimum Gasteiger partial charge on any atom is -0.338 e. The highest BCUT2D eigenvalue weighted by atomic mass is 32.1. The van der Waals surface area contributed by atoms with Crippen LogP contribution in [-0.4, -0.2) is 16.5 Å². The molecule has 0 aliphatic heterocycles. The van der Waals surface area contributed by atoms with Crippen LogP contribution in [0.3, 0.4) is 0 Å². The van der Waals surface area contributed by atoms with Crippen LogP contribution < -0.4 is 10.9 Å². The van der Waals surface area contributed by atoms with Gasteiger partial charge in [-0.25, -0.2) is 4.98 Å². The molecular formula is C22H28N3OS+. The average Bonchev–Trinajstić information content (AvgIpc) is 3.03. The lowest BCUT2D eigenvalue weighted by Gasteiger charge is -2.17. The van der Waals surface area contributed by atoms with E-state index in [2.05, 4.69) is 54.5 Å². The second-order valence-electron chi connectivity index (χ2n) is 7.89. The van der Waals surface area contributed by atoms with Crippen molar-refractivity contribution in [1.82, 2.24) is 9.97 Å². The zero-order valence-electron chi connectivity index (χ0n) is 16.1. The molecule has 27 heavy (non-hydrogen) atoms. The monoisotopic (exact) mass is 382 g/mol. The maximum Gasteiger partial charge on any atom is 0.260 e. The van der Waals surface area contributed by atoms with Gasteiger partial charge in [0.2, 0.25) is 0 Å². The second kappa shape index (κ2) is 7.95. The summed E-state index contributed by atoms with van der Waals surface area (Å²) >= 11 is 1.73. The van der Waals surface area contributed by atoms with Crippen molar-refractivity contribution >= 4 is 21.6 Å². The summed E-state index contributed by atoms with van der Waals surface area (Å²) in [6.45, 7) is 5.45. The van der Waals surface area contributed by atoms with Gasteiger partial charge in [0, 0.05) is 11.3 Å². The quantitative estimate of drug-likeness (QED) is 0.642. The summed E-state index contributed by atoms with van der Waals surface area (Å²) in [7, 11) is 0. The molecule has 0 fully saturated rings. The first-order valence-corrected chi connectivity index (χ1v) is 10.8. The molecule has 4 nitrogen and oxygen atoms in total. The molecule has 2 atom stereocenters. The SMILES string of the molecule is C[C@@H]1CCc2c(sc3nc([C@H](C)[NH2+]CCCc4ccccc4)[nH]c(=O)c23)C1. The van der Waals surface area contributed by atoms with Crippen LogP contribution >= 0.6 is 11.3 Å². The Labute approximate surface area is 164 Å². The molecule has 4 rings (SSSR count). The standard InChI is InChI=1S/C22H27N3OS/c1-14-10-11-17-18(13-14)27-22-19(17)21(26)24-20(25-22)15(2)23-12-6-9-16-7-4-3-5-8-16/h3-5,7-8,14-15,23H,6,9-13H2,1-2H3,(H,24,25,26)/p+1/t14-,15+/m1/s1. The van der Waals surface area contributed by atoms with Gasteiger partial charge in [-0.15, -0.1) is 11.3 Å². The highest BCUT2D eigenvalue weighted by molar-refractivity contribution is 7.18. The van der Waals surface area contributed by atoms with Gasteiger partial charge in [-0.05, 0) is 49.7 Å². The van der Waals surface area contributed by atoms with Gasteiger partial charge in [-0.2, -0.15) is 0 Å². The Hall–Kier alpha value is -1.98. The van der Waals surface area contributed by atoms with Gasteiger partial charge >= 0.3 is 0 Å². The smallest absolute Gasteiger partial charge is 0.260 e. The molecule has 0 radical (unpaired) electrons. The van der Waals surface area contributed by atoms with Crippen molar-refractivity contribution in [3.05, 3.63) is 62.5 Å². The van der Waals surface area contributed by atoms with E-state index in [-0.39, 0.29) is 11.6 Å². The minimum atomic E-state index is 0.0478. The predicted octanol–water partition coefficient (Wildman–Crippen LogP) is 3.37. The van der Waals surface area contributed by atoms with E-state index in [1.165, 1.54) is 22.4 Å². The van der Waals surface area contributed by atoms with E-state index in [1.54, 1.807) is 11.3 Å². The van der Waals surface area contributed by atoms with Crippen molar-refractivity contribution in [2.45, 2.75) is 52.0 Å². The van der Waals surface area contributed by atoms with Crippen LogP contribution in [0.4, 0.5) is 0 Å². The summed E-state index contributed by atoms with van der Waals surface area (Å²) in [6.07, 6.45) is 5.48. The Bertz CT molecular complexity index is 976. The Morgan fingerprint density at radius 3 is 2.96 bits per heavy atom. The number of aryl methyl sites for hydroxylation is 2. The molecule has 3 N–H and O–H groups in total. The molecule has 0 spiro atoms. The molecule has 0 saturated heterocycles. The van der Waals surface area contributed by atoms with Gasteiger partial charge in [0.05, 0.1) is 11.9 Å². The number of aromatic nitrogens is 2. The molecule has 3 aromatic rings. The van der Waals surface area contributed by atoms with E-state index in [9.17, 15) is 4.79 Å². The zero-order chi connectivity index (χ0) is 18.8. The topological polar surface area (TPSA) is 62.4 Å². The number of hydrogen-bond acceptors (Lipinski definition) is 3. The molecule has 1 aromatic carbocycles. The van der Waals surface area contributed by atoms with Crippen LogP contribution in [0.5, 0.6) is 0 Å². The van der Waals surface area contributed by atoms with Crippen molar-refractivity contribution in [1.29, 1.82) is 0 Å². The molecule has 2 heterocycles. The number of rotatable bonds is 6. The van der Waals surface area contributed by atoms with E-state index in [4.69, 9.17) is 4.98 Å². The van der Waals surface area contributed by atoms with Crippen LogP contribution in [-0.2, 0) is 19.3 Å². The highest BCUT2D eigenvalue weighted by Crippen LogP contribution is 2.35. The fourth-order valence-electron chi connectivity index (χ4n) is 4.01. The summed E-state index contributed by atoms with van der Waals surface area (Å²) in [5.41, 5.74) is 2.68. The number of hydrogen-bond donors (Lipinski definition) is 2. The summed E-state index contributed by atoms with van der Waals surface area (Å²) in [5, 5.41) is 3.13. The molecule has 0 bridgehead atoms. The first kappa shape index (κ1) is 18.4. The van der Waals surface area contributed by atoms with E-state index in [0.29, 0.717) is 5.92 Å². The lowest BCUT2D eigenvalue weighted by atomic mass is 9.89. The van der Waals surface area contributed by atoms with Gasteiger partial charge in [-0.3, -0.25) is 4.79 Å². The summed E-state index contributed by atoms with van der Waals surface area (Å²) in [4.78, 5) is 22.9. The van der Waals surface area contributed by atoms with Crippen molar-refractivity contribution in [2.75, 3.05) is 6.54 Å². The molecule has 0 saturated carbocycles. The van der Waals surface area contributed by atoms with Gasteiger partial charge < -0.3 is 10.3 Å². The minimum absolute atomic E-state index is 0.0478. The lowest BCUT2D eigenvalue weighted by Crippen LogP contribution is -2.85. The average molecular weight is 383 g/mol. The van der Waals surface area contributed by atoms with Gasteiger partial charge in [0.15, 0.2) is 5.82 Å². The molecule has 5 heteroatoms. The molecule has 2 aromatic heterocycles. The zero-order valence-corrected chi connectivity index (χ0v) is 16.9. The fraction of sp³-hybridized carbons (Fsp3) is 0.455. The number of fused-ring (bicyclic) bond motifs is 3. The van der Waals surface area contributed by atoms with Crippen LogP contribution in [0.25, 0.3) is 10.2 Å². The Morgan fingerprint density at radius 1 is 1.33 bits per heavy atom. The second-order valence-corrected chi connectivity index (χ2v) is 8.97. The number of H-pyrrole nitrogens is 1. The fourth-order valence-corrected chi connectivity index (χ4v) is 5.40. The van der Waals surface area contributed by atoms with Gasteiger partial charge in [-0.1, -0.05) is 37.3 Å². The van der Waals surface area contributed by atoms with E-state index in [0.717, 1.165) is 48.3 Å². The predicted molar refractivity (Wildman–Crippen MR) is 111 cm³/mol. The van der Waals surface area contributed by atoms with Gasteiger partial charge in [0.1, 0.15) is 10.9 Å². The maximum atomic E-state index is 12.7. The Kier molecular flexibility index (Phi) is 5.41. The molecule has 1 aliphatic carbocycles. The molecule has 1 aliphatic rings. The van der Waals surface area contributed by atoms with Crippen LogP contribution in [0, 0.1) is 5.92 Å². The van der Waals surface area contributed by atoms with Crippen LogP contribution in [0.1, 0.15) is 54.6 Å². The lowest BCUT2D eigenvalue weighted by molar-refractivity contribution is -0.694. The van der Waals surface area contributed by atoms with Crippen molar-refractivity contribution in [3.63, 3.8) is 0 Å². The summed E-state index contributed by atoms with van der Waals surface area (Å²) in [6, 6.07) is 10.8. The van der Waals surface area contributed by atoms with E-state index < -0.39 is 0 Å². The molecule has 142 valence electrons. The first-order chi connectivity index (χ1) is 13.1. The Morgan fingerprint density at radius 2 is 2.15 bits per heavy atom. The number of nitrogens with zero attached hydrogens (tertiary/aromatic N) is 1.